The highest BCUT2D eigenvalue weighted by atomic mass is 32.1. The molecule has 2 aromatic heterocycles. The number of thiophene rings is 1. The van der Waals surface area contributed by atoms with Gasteiger partial charge in [0.15, 0.2) is 0 Å². The predicted octanol–water partition coefficient (Wildman–Crippen LogP) is 14.9. The van der Waals surface area contributed by atoms with E-state index in [1.807, 2.05) is 17.4 Å². The van der Waals surface area contributed by atoms with Gasteiger partial charge < -0.3 is 9.32 Å². The third kappa shape index (κ3) is 4.38. The number of hydrogen-bond acceptors (Lipinski definition) is 3. The van der Waals surface area contributed by atoms with Gasteiger partial charge in [0.05, 0.1) is 15.8 Å². The minimum absolute atomic E-state index is 0.513. The topological polar surface area (TPSA) is 16.4 Å². The molecule has 0 spiro atoms. The second kappa shape index (κ2) is 12.0. The van der Waals surface area contributed by atoms with Crippen LogP contribution < -0.4 is 4.90 Å². The predicted molar refractivity (Wildman–Crippen MR) is 236 cm³/mol. The first kappa shape index (κ1) is 31.4. The van der Waals surface area contributed by atoms with Crippen LogP contribution in [-0.2, 0) is 5.41 Å². The Bertz CT molecular complexity index is 3280. The zero-order chi connectivity index (χ0) is 36.8. The molecule has 0 fully saturated rings. The van der Waals surface area contributed by atoms with Gasteiger partial charge in [-0.05, 0) is 80.6 Å². The molecule has 0 radical (unpaired) electrons. The van der Waals surface area contributed by atoms with Gasteiger partial charge in [-0.15, -0.1) is 11.3 Å². The molecule has 0 saturated heterocycles. The maximum atomic E-state index is 6.54. The first-order chi connectivity index (χ1) is 27.8. The molecule has 2 nitrogen and oxygen atoms in total. The molecule has 0 unspecified atom stereocenters. The quantitative estimate of drug-likeness (QED) is 0.175. The minimum Gasteiger partial charge on any atom is -0.456 e. The summed E-state index contributed by atoms with van der Waals surface area (Å²) in [4.78, 5) is 2.45. The molecule has 56 heavy (non-hydrogen) atoms. The van der Waals surface area contributed by atoms with Crippen molar-refractivity contribution < 1.29 is 4.42 Å². The average molecular weight is 732 g/mol. The number of furan rings is 1. The molecule has 0 amide bonds. The molecule has 1 aliphatic rings. The minimum atomic E-state index is -0.513. The second-order valence-corrected chi connectivity index (χ2v) is 15.8. The first-order valence-corrected chi connectivity index (χ1v) is 20.0. The third-order valence-corrected chi connectivity index (χ3v) is 13.2. The van der Waals surface area contributed by atoms with Gasteiger partial charge in [-0.1, -0.05) is 158 Å². The average Bonchev–Trinajstić information content (AvgIpc) is 3.93. The smallest absolute Gasteiger partial charge is 0.137 e. The van der Waals surface area contributed by atoms with Gasteiger partial charge in [0.25, 0.3) is 0 Å². The number of nitrogens with zero attached hydrogens (tertiary/aromatic N) is 1. The lowest BCUT2D eigenvalue weighted by Gasteiger charge is -2.35. The SMILES string of the molecule is c1ccc(C2(c3ccccc3)c3ccccc3-c3ccc(N(c4ccc5c(c4)oc4ccccc45)c4cccc5c4sc4c6ccccc6ccc54)cc32)cc1. The molecule has 2 heterocycles. The van der Waals surface area contributed by atoms with Crippen molar-refractivity contribution >= 4 is 81.3 Å². The van der Waals surface area contributed by atoms with E-state index in [1.54, 1.807) is 0 Å². The molecular weight excluding hydrogens is 699 g/mol. The largest absolute Gasteiger partial charge is 0.456 e. The van der Waals surface area contributed by atoms with E-state index < -0.39 is 5.41 Å². The number of anilines is 3. The molecule has 0 N–H and O–H groups in total. The van der Waals surface area contributed by atoms with Crippen LogP contribution in [0.15, 0.2) is 205 Å². The van der Waals surface area contributed by atoms with Gasteiger partial charge >= 0.3 is 0 Å². The maximum absolute atomic E-state index is 6.54. The van der Waals surface area contributed by atoms with E-state index in [-0.39, 0.29) is 0 Å². The lowest BCUT2D eigenvalue weighted by molar-refractivity contribution is 0.669. The zero-order valence-electron chi connectivity index (χ0n) is 30.3. The standard InChI is InChI=1S/C53H33NOS/c1-3-15-35(16-4-1)53(36-17-5-2-6-18-36)46-23-11-9-20-40(46)41-30-27-37(32-47(41)53)54(38-28-31-43-42-21-10-12-25-49(42)55-50(43)33-38)48-24-13-22-44-45-29-26-34-14-7-8-19-39(34)51(45)56-52(44)48/h1-33H. The normalized spacial score (nSPS) is 13.1. The molecular formula is C53H33NOS. The van der Waals surface area contributed by atoms with Crippen LogP contribution in [0.25, 0.3) is 64.0 Å². The van der Waals surface area contributed by atoms with Crippen molar-refractivity contribution in [3.05, 3.63) is 222 Å². The molecule has 0 saturated carbocycles. The van der Waals surface area contributed by atoms with Crippen LogP contribution in [-0.4, -0.2) is 0 Å². The van der Waals surface area contributed by atoms with Crippen LogP contribution in [0.2, 0.25) is 0 Å². The Balaban J connectivity index is 1.17. The van der Waals surface area contributed by atoms with Crippen molar-refractivity contribution in [1.82, 2.24) is 0 Å². The molecule has 262 valence electrons. The van der Waals surface area contributed by atoms with Crippen LogP contribution in [0, 0.1) is 0 Å². The molecule has 0 aliphatic heterocycles. The van der Waals surface area contributed by atoms with Gasteiger partial charge in [-0.25, -0.2) is 0 Å². The van der Waals surface area contributed by atoms with Crippen LogP contribution in [0.3, 0.4) is 0 Å². The first-order valence-electron chi connectivity index (χ1n) is 19.2. The van der Waals surface area contributed by atoms with Gasteiger partial charge in [0, 0.05) is 43.7 Å². The number of hydrogen-bond donors (Lipinski definition) is 0. The van der Waals surface area contributed by atoms with Gasteiger partial charge in [0.1, 0.15) is 11.2 Å². The number of rotatable bonds is 5. The van der Waals surface area contributed by atoms with E-state index in [9.17, 15) is 0 Å². The summed E-state index contributed by atoms with van der Waals surface area (Å²) in [7, 11) is 0. The fourth-order valence-corrected chi connectivity index (χ4v) is 10.9. The van der Waals surface area contributed by atoms with Crippen LogP contribution in [0.1, 0.15) is 22.3 Å². The lowest BCUT2D eigenvalue weighted by atomic mass is 9.67. The van der Waals surface area contributed by atoms with E-state index in [4.69, 9.17) is 4.42 Å². The van der Waals surface area contributed by atoms with E-state index in [1.165, 1.54) is 64.3 Å². The molecule has 9 aromatic carbocycles. The summed E-state index contributed by atoms with van der Waals surface area (Å²) in [6.07, 6.45) is 0. The summed E-state index contributed by atoms with van der Waals surface area (Å²) in [5.41, 5.74) is 12.2. The Morgan fingerprint density at radius 1 is 0.393 bits per heavy atom. The number of para-hydroxylation sites is 1. The van der Waals surface area contributed by atoms with E-state index in [0.717, 1.165) is 39.0 Å². The molecule has 0 bridgehead atoms. The molecule has 1 aliphatic carbocycles. The molecule has 12 rings (SSSR count). The third-order valence-electron chi connectivity index (χ3n) is 11.9. The number of fused-ring (bicyclic) bond motifs is 11. The van der Waals surface area contributed by atoms with E-state index >= 15 is 0 Å². The van der Waals surface area contributed by atoms with Crippen molar-refractivity contribution in [1.29, 1.82) is 0 Å². The van der Waals surface area contributed by atoms with E-state index in [0.29, 0.717) is 0 Å². The summed E-state index contributed by atoms with van der Waals surface area (Å²) < 4.78 is 9.11. The fraction of sp³-hybridized carbons (Fsp3) is 0.0189. The highest BCUT2D eigenvalue weighted by Crippen LogP contribution is 2.57. The van der Waals surface area contributed by atoms with Crippen molar-refractivity contribution in [2.24, 2.45) is 0 Å². The number of benzene rings is 9. The van der Waals surface area contributed by atoms with Gasteiger partial charge in [-0.2, -0.15) is 0 Å². The summed E-state index contributed by atoms with van der Waals surface area (Å²) in [5, 5.41) is 7.35. The van der Waals surface area contributed by atoms with Crippen molar-refractivity contribution in [2.45, 2.75) is 5.41 Å². The Morgan fingerprint density at radius 3 is 1.84 bits per heavy atom. The zero-order valence-corrected chi connectivity index (χ0v) is 31.1. The van der Waals surface area contributed by atoms with Crippen molar-refractivity contribution in [2.75, 3.05) is 4.90 Å². The highest BCUT2D eigenvalue weighted by Gasteiger charge is 2.46. The summed E-state index contributed by atoms with van der Waals surface area (Å²) in [6.45, 7) is 0. The summed E-state index contributed by atoms with van der Waals surface area (Å²) in [6, 6.07) is 73.3. The van der Waals surface area contributed by atoms with Crippen molar-refractivity contribution in [3.63, 3.8) is 0 Å². The van der Waals surface area contributed by atoms with Gasteiger partial charge in [0.2, 0.25) is 0 Å². The van der Waals surface area contributed by atoms with Crippen LogP contribution >= 0.6 is 11.3 Å². The Labute approximate surface area is 328 Å². The molecule has 0 atom stereocenters. The van der Waals surface area contributed by atoms with Gasteiger partial charge in [-0.3, -0.25) is 0 Å². The Morgan fingerprint density at radius 2 is 1.00 bits per heavy atom. The lowest BCUT2D eigenvalue weighted by Crippen LogP contribution is -2.28. The Hall–Kier alpha value is -6.94. The fourth-order valence-electron chi connectivity index (χ4n) is 9.54. The Kier molecular flexibility index (Phi) is 6.75. The van der Waals surface area contributed by atoms with Crippen LogP contribution in [0.4, 0.5) is 17.1 Å². The molecule has 11 aromatic rings. The monoisotopic (exact) mass is 731 g/mol. The van der Waals surface area contributed by atoms with Crippen molar-refractivity contribution in [3.8, 4) is 11.1 Å². The van der Waals surface area contributed by atoms with Crippen LogP contribution in [0.5, 0.6) is 0 Å². The molecule has 3 heteroatoms. The van der Waals surface area contributed by atoms with E-state index in [2.05, 4.69) is 199 Å². The maximum Gasteiger partial charge on any atom is 0.137 e. The summed E-state index contributed by atoms with van der Waals surface area (Å²) >= 11 is 1.89. The second-order valence-electron chi connectivity index (χ2n) is 14.8. The highest BCUT2D eigenvalue weighted by molar-refractivity contribution is 7.27. The summed E-state index contributed by atoms with van der Waals surface area (Å²) in [5.74, 6) is 0.